The molecule has 0 radical (unpaired) electrons. The first-order chi connectivity index (χ1) is 6.87. The third kappa shape index (κ3) is 4.77. The largest absolute Gasteiger partial charge is 0.435 e. The van der Waals surface area contributed by atoms with Crippen molar-refractivity contribution in [1.29, 1.82) is 0 Å². The highest BCUT2D eigenvalue weighted by molar-refractivity contribution is 5.27. The molecule has 3 heteroatoms. The van der Waals surface area contributed by atoms with E-state index in [1.54, 1.807) is 12.1 Å². The molecule has 0 fully saturated rings. The van der Waals surface area contributed by atoms with E-state index in [0.717, 1.165) is 12.0 Å². The molecule has 0 amide bonds. The van der Waals surface area contributed by atoms with Crippen LogP contribution in [0.1, 0.15) is 26.3 Å². The second-order valence-corrected chi connectivity index (χ2v) is 4.76. The third-order valence-electron chi connectivity index (χ3n) is 1.88. The van der Waals surface area contributed by atoms with Gasteiger partial charge in [-0.1, -0.05) is 32.9 Å². The highest BCUT2D eigenvalue weighted by Crippen LogP contribution is 2.22. The van der Waals surface area contributed by atoms with E-state index in [1.807, 2.05) is 12.1 Å². The molecule has 0 aliphatic rings. The quantitative estimate of drug-likeness (QED) is 0.742. The van der Waals surface area contributed by atoms with Crippen molar-refractivity contribution >= 4 is 0 Å². The van der Waals surface area contributed by atoms with Crippen molar-refractivity contribution in [3.63, 3.8) is 0 Å². The highest BCUT2D eigenvalue weighted by atomic mass is 19.3. The Morgan fingerprint density at radius 2 is 1.67 bits per heavy atom. The van der Waals surface area contributed by atoms with Crippen LogP contribution in [0.15, 0.2) is 24.3 Å². The Morgan fingerprint density at radius 1 is 1.13 bits per heavy atom. The van der Waals surface area contributed by atoms with Crippen LogP contribution in [0.25, 0.3) is 0 Å². The molecule has 1 aromatic carbocycles. The molecular formula is C12H16F2O. The predicted octanol–water partition coefficient (Wildman–Crippen LogP) is 3.88. The molecule has 0 N–H and O–H groups in total. The highest BCUT2D eigenvalue weighted by Gasteiger charge is 2.11. The number of alkyl halides is 2. The van der Waals surface area contributed by atoms with Gasteiger partial charge in [-0.25, -0.2) is 0 Å². The summed E-state index contributed by atoms with van der Waals surface area (Å²) in [5.74, 6) is 0.211. The maximum atomic E-state index is 11.9. The number of halogens is 2. The van der Waals surface area contributed by atoms with E-state index in [0.29, 0.717) is 0 Å². The Morgan fingerprint density at radius 3 is 2.07 bits per heavy atom. The molecule has 0 atom stereocenters. The molecule has 0 aliphatic carbocycles. The second kappa shape index (κ2) is 4.60. The van der Waals surface area contributed by atoms with E-state index in [4.69, 9.17) is 0 Å². The SMILES string of the molecule is CC(C)(C)Cc1ccc(OC(F)F)cc1. The zero-order valence-electron chi connectivity index (χ0n) is 9.26. The normalized spacial score (nSPS) is 11.9. The van der Waals surface area contributed by atoms with Crippen molar-refractivity contribution in [2.45, 2.75) is 33.8 Å². The molecule has 0 saturated carbocycles. The Kier molecular flexibility index (Phi) is 3.66. The van der Waals surface area contributed by atoms with Gasteiger partial charge in [0.2, 0.25) is 0 Å². The number of hydrogen-bond acceptors (Lipinski definition) is 1. The molecule has 0 heterocycles. The first-order valence-corrected chi connectivity index (χ1v) is 4.90. The summed E-state index contributed by atoms with van der Waals surface area (Å²) in [6.45, 7) is 3.66. The van der Waals surface area contributed by atoms with Crippen molar-refractivity contribution in [2.24, 2.45) is 5.41 Å². The van der Waals surface area contributed by atoms with Gasteiger partial charge in [-0.2, -0.15) is 8.78 Å². The van der Waals surface area contributed by atoms with Crippen LogP contribution in [0, 0.1) is 5.41 Å². The molecule has 0 aliphatic heterocycles. The van der Waals surface area contributed by atoms with Gasteiger partial charge in [0.1, 0.15) is 5.75 Å². The third-order valence-corrected chi connectivity index (χ3v) is 1.88. The first kappa shape index (κ1) is 12.0. The molecule has 1 rings (SSSR count). The molecule has 0 bridgehead atoms. The molecule has 15 heavy (non-hydrogen) atoms. The van der Waals surface area contributed by atoms with Crippen molar-refractivity contribution in [2.75, 3.05) is 0 Å². The smallest absolute Gasteiger partial charge is 0.387 e. The summed E-state index contributed by atoms with van der Waals surface area (Å²) < 4.78 is 28.0. The molecule has 0 aromatic heterocycles. The van der Waals surface area contributed by atoms with Gasteiger partial charge in [0.25, 0.3) is 0 Å². The zero-order chi connectivity index (χ0) is 11.5. The van der Waals surface area contributed by atoms with E-state index >= 15 is 0 Å². The number of rotatable bonds is 3. The van der Waals surface area contributed by atoms with E-state index in [-0.39, 0.29) is 11.2 Å². The van der Waals surface area contributed by atoms with Gasteiger partial charge in [-0.3, -0.25) is 0 Å². The zero-order valence-corrected chi connectivity index (χ0v) is 9.26. The van der Waals surface area contributed by atoms with Gasteiger partial charge in [-0.15, -0.1) is 0 Å². The van der Waals surface area contributed by atoms with Crippen molar-refractivity contribution in [1.82, 2.24) is 0 Å². The minimum Gasteiger partial charge on any atom is -0.435 e. The van der Waals surface area contributed by atoms with Crippen molar-refractivity contribution < 1.29 is 13.5 Å². The average Bonchev–Trinajstić information content (AvgIpc) is 2.05. The molecule has 84 valence electrons. The summed E-state index contributed by atoms with van der Waals surface area (Å²) >= 11 is 0. The first-order valence-electron chi connectivity index (χ1n) is 4.90. The summed E-state index contributed by atoms with van der Waals surface area (Å²) in [5.41, 5.74) is 1.33. The molecule has 0 unspecified atom stereocenters. The fourth-order valence-corrected chi connectivity index (χ4v) is 1.40. The van der Waals surface area contributed by atoms with Crippen LogP contribution >= 0.6 is 0 Å². The number of hydrogen-bond donors (Lipinski definition) is 0. The van der Waals surface area contributed by atoms with E-state index in [2.05, 4.69) is 25.5 Å². The minimum absolute atomic E-state index is 0.199. The lowest BCUT2D eigenvalue weighted by molar-refractivity contribution is -0.0498. The van der Waals surface area contributed by atoms with E-state index in [1.165, 1.54) is 0 Å². The molecular weight excluding hydrogens is 198 g/mol. The van der Waals surface area contributed by atoms with Gasteiger partial charge in [0.05, 0.1) is 0 Å². The summed E-state index contributed by atoms with van der Waals surface area (Å²) in [6.07, 6.45) is 0.919. The van der Waals surface area contributed by atoms with E-state index in [9.17, 15) is 8.78 Å². The lowest BCUT2D eigenvalue weighted by atomic mass is 9.88. The van der Waals surface area contributed by atoms with Crippen LogP contribution in [0.4, 0.5) is 8.78 Å². The van der Waals surface area contributed by atoms with Gasteiger partial charge in [0, 0.05) is 0 Å². The Hall–Kier alpha value is -1.12. The predicted molar refractivity (Wildman–Crippen MR) is 56.2 cm³/mol. The Labute approximate surface area is 89.1 Å². The summed E-state index contributed by atoms with van der Waals surface area (Å²) in [7, 11) is 0. The molecule has 0 spiro atoms. The summed E-state index contributed by atoms with van der Waals surface area (Å²) in [6, 6.07) is 6.80. The Bertz CT molecular complexity index is 298. The lowest BCUT2D eigenvalue weighted by Crippen LogP contribution is -2.09. The second-order valence-electron chi connectivity index (χ2n) is 4.76. The monoisotopic (exact) mass is 214 g/mol. The van der Waals surface area contributed by atoms with Gasteiger partial charge in [0.15, 0.2) is 0 Å². The maximum Gasteiger partial charge on any atom is 0.387 e. The molecule has 1 nitrogen and oxygen atoms in total. The van der Waals surface area contributed by atoms with Crippen LogP contribution in [0.5, 0.6) is 5.75 Å². The fourth-order valence-electron chi connectivity index (χ4n) is 1.40. The minimum atomic E-state index is -2.75. The van der Waals surface area contributed by atoms with Crippen LogP contribution in [0.3, 0.4) is 0 Å². The maximum absolute atomic E-state index is 11.9. The summed E-state index contributed by atoms with van der Waals surface area (Å²) in [5, 5.41) is 0. The summed E-state index contributed by atoms with van der Waals surface area (Å²) in [4.78, 5) is 0. The molecule has 0 saturated heterocycles. The van der Waals surface area contributed by atoms with Crippen molar-refractivity contribution in [3.05, 3.63) is 29.8 Å². The molecule has 1 aromatic rings. The van der Waals surface area contributed by atoms with Gasteiger partial charge >= 0.3 is 6.61 Å². The number of benzene rings is 1. The topological polar surface area (TPSA) is 9.23 Å². The van der Waals surface area contributed by atoms with E-state index < -0.39 is 6.61 Å². The van der Waals surface area contributed by atoms with Gasteiger partial charge < -0.3 is 4.74 Å². The number of ether oxygens (including phenoxy) is 1. The van der Waals surface area contributed by atoms with Gasteiger partial charge in [-0.05, 0) is 29.5 Å². The lowest BCUT2D eigenvalue weighted by Gasteiger charge is -2.18. The van der Waals surface area contributed by atoms with Crippen LogP contribution in [0.2, 0.25) is 0 Å². The average molecular weight is 214 g/mol. The van der Waals surface area contributed by atoms with Crippen LogP contribution in [-0.4, -0.2) is 6.61 Å². The standard InChI is InChI=1S/C12H16F2O/c1-12(2,3)8-9-4-6-10(7-5-9)15-11(13)14/h4-7,11H,8H2,1-3H3. The Balaban J connectivity index is 2.64. The van der Waals surface area contributed by atoms with Crippen LogP contribution in [-0.2, 0) is 6.42 Å². The fraction of sp³-hybridized carbons (Fsp3) is 0.500. The van der Waals surface area contributed by atoms with Crippen LogP contribution < -0.4 is 4.74 Å². The van der Waals surface area contributed by atoms with Crippen molar-refractivity contribution in [3.8, 4) is 5.75 Å².